The Morgan fingerprint density at radius 2 is 1.86 bits per heavy atom. The van der Waals surface area contributed by atoms with E-state index in [4.69, 9.17) is 9.47 Å². The van der Waals surface area contributed by atoms with Gasteiger partial charge in [0.25, 0.3) is 0 Å². The van der Waals surface area contributed by atoms with Crippen molar-refractivity contribution >= 4 is 5.97 Å². The van der Waals surface area contributed by atoms with Crippen LogP contribution in [0.3, 0.4) is 0 Å². The molecule has 0 saturated heterocycles. The molecule has 1 aliphatic carbocycles. The molecule has 22 heavy (non-hydrogen) atoms. The van der Waals surface area contributed by atoms with Crippen LogP contribution in [0, 0.1) is 0 Å². The van der Waals surface area contributed by atoms with Crippen LogP contribution >= 0.6 is 0 Å². The Labute approximate surface area is 134 Å². The fraction of sp³-hybridized carbons (Fsp3) is 0.632. The van der Waals surface area contributed by atoms with Crippen LogP contribution < -0.4 is 4.74 Å². The Kier molecular flexibility index (Phi) is 6.75. The number of carbonyl (C=O) groups is 1. The van der Waals surface area contributed by atoms with Crippen LogP contribution in [0.5, 0.6) is 5.75 Å². The first-order valence-corrected chi connectivity index (χ1v) is 8.66. The van der Waals surface area contributed by atoms with Gasteiger partial charge < -0.3 is 9.47 Å². The molecule has 0 aliphatic heterocycles. The molecule has 0 aromatic heterocycles. The van der Waals surface area contributed by atoms with Crippen LogP contribution in [0.4, 0.5) is 0 Å². The van der Waals surface area contributed by atoms with E-state index in [1.807, 2.05) is 19.1 Å². The minimum atomic E-state index is -0.0866. The molecule has 1 aromatic carbocycles. The van der Waals surface area contributed by atoms with E-state index in [1.165, 1.54) is 12.0 Å². The van der Waals surface area contributed by atoms with Crippen LogP contribution in [-0.2, 0) is 9.53 Å². The second-order valence-electron chi connectivity index (χ2n) is 6.04. The fourth-order valence-electron chi connectivity index (χ4n) is 3.02. The summed E-state index contributed by atoms with van der Waals surface area (Å²) in [5.74, 6) is 1.17. The SMILES string of the molecule is CCCCOc1ccc([C@@H]2CCCC[C@H]2OC(=O)CC)cc1. The van der Waals surface area contributed by atoms with Gasteiger partial charge in [0, 0.05) is 12.3 Å². The number of rotatable bonds is 7. The van der Waals surface area contributed by atoms with Crippen molar-refractivity contribution in [2.75, 3.05) is 6.61 Å². The summed E-state index contributed by atoms with van der Waals surface area (Å²) in [6.45, 7) is 4.78. The third-order valence-electron chi connectivity index (χ3n) is 4.35. The zero-order valence-corrected chi connectivity index (χ0v) is 13.8. The molecule has 2 rings (SSSR count). The Balaban J connectivity index is 1.99. The summed E-state index contributed by atoms with van der Waals surface area (Å²) in [6.07, 6.45) is 7.14. The molecule has 0 N–H and O–H groups in total. The molecule has 0 bridgehead atoms. The third kappa shape index (κ3) is 4.75. The van der Waals surface area contributed by atoms with Gasteiger partial charge in [-0.3, -0.25) is 4.79 Å². The lowest BCUT2D eigenvalue weighted by atomic mass is 9.81. The van der Waals surface area contributed by atoms with Gasteiger partial charge in [-0.1, -0.05) is 38.8 Å². The van der Waals surface area contributed by atoms with Gasteiger partial charge in [0.15, 0.2) is 0 Å². The van der Waals surface area contributed by atoms with Crippen molar-refractivity contribution in [3.8, 4) is 5.75 Å². The Bertz CT molecular complexity index is 452. The van der Waals surface area contributed by atoms with Crippen molar-refractivity contribution in [1.82, 2.24) is 0 Å². The first-order valence-electron chi connectivity index (χ1n) is 8.66. The van der Waals surface area contributed by atoms with E-state index in [0.717, 1.165) is 44.5 Å². The summed E-state index contributed by atoms with van der Waals surface area (Å²) < 4.78 is 11.4. The lowest BCUT2D eigenvalue weighted by molar-refractivity contribution is -0.151. The smallest absolute Gasteiger partial charge is 0.305 e. The van der Waals surface area contributed by atoms with E-state index in [0.29, 0.717) is 12.3 Å². The summed E-state index contributed by atoms with van der Waals surface area (Å²) >= 11 is 0. The largest absolute Gasteiger partial charge is 0.494 e. The fourth-order valence-corrected chi connectivity index (χ4v) is 3.02. The lowest BCUT2D eigenvalue weighted by Gasteiger charge is -2.31. The van der Waals surface area contributed by atoms with E-state index >= 15 is 0 Å². The van der Waals surface area contributed by atoms with Crippen molar-refractivity contribution < 1.29 is 14.3 Å². The number of unbranched alkanes of at least 4 members (excludes halogenated alkanes) is 1. The highest BCUT2D eigenvalue weighted by molar-refractivity contribution is 5.69. The molecule has 1 aromatic rings. The van der Waals surface area contributed by atoms with Gasteiger partial charge in [0.2, 0.25) is 0 Å². The van der Waals surface area contributed by atoms with Crippen LogP contribution in [0.2, 0.25) is 0 Å². The lowest BCUT2D eigenvalue weighted by Crippen LogP contribution is -2.28. The van der Waals surface area contributed by atoms with Crippen molar-refractivity contribution in [2.45, 2.75) is 70.8 Å². The molecule has 0 spiro atoms. The van der Waals surface area contributed by atoms with Gasteiger partial charge in [-0.25, -0.2) is 0 Å². The molecular weight excluding hydrogens is 276 g/mol. The Morgan fingerprint density at radius 1 is 1.14 bits per heavy atom. The molecule has 122 valence electrons. The normalized spacial score (nSPS) is 21.4. The number of benzene rings is 1. The molecule has 0 radical (unpaired) electrons. The van der Waals surface area contributed by atoms with E-state index in [1.54, 1.807) is 0 Å². The molecule has 3 nitrogen and oxygen atoms in total. The highest BCUT2D eigenvalue weighted by Gasteiger charge is 2.29. The van der Waals surface area contributed by atoms with Crippen LogP contribution in [-0.4, -0.2) is 18.7 Å². The van der Waals surface area contributed by atoms with Crippen molar-refractivity contribution in [2.24, 2.45) is 0 Å². The number of hydrogen-bond acceptors (Lipinski definition) is 3. The maximum absolute atomic E-state index is 11.6. The molecule has 0 unspecified atom stereocenters. The first-order chi connectivity index (χ1) is 10.7. The maximum Gasteiger partial charge on any atom is 0.305 e. The summed E-state index contributed by atoms with van der Waals surface area (Å²) in [7, 11) is 0. The van der Waals surface area contributed by atoms with Gasteiger partial charge in [0.1, 0.15) is 11.9 Å². The molecule has 1 fully saturated rings. The zero-order chi connectivity index (χ0) is 15.8. The van der Waals surface area contributed by atoms with Crippen LogP contribution in [0.25, 0.3) is 0 Å². The second kappa shape index (κ2) is 8.82. The molecule has 2 atom stereocenters. The highest BCUT2D eigenvalue weighted by Crippen LogP contribution is 2.35. The van der Waals surface area contributed by atoms with Crippen molar-refractivity contribution in [3.63, 3.8) is 0 Å². The Morgan fingerprint density at radius 3 is 2.55 bits per heavy atom. The van der Waals surface area contributed by atoms with E-state index in [9.17, 15) is 4.79 Å². The number of esters is 1. The molecule has 1 aliphatic rings. The molecular formula is C19H28O3. The minimum absolute atomic E-state index is 0.0352. The molecule has 0 amide bonds. The average molecular weight is 304 g/mol. The molecule has 0 heterocycles. The first kappa shape index (κ1) is 16.9. The van der Waals surface area contributed by atoms with E-state index < -0.39 is 0 Å². The van der Waals surface area contributed by atoms with E-state index in [2.05, 4.69) is 19.1 Å². The monoisotopic (exact) mass is 304 g/mol. The predicted molar refractivity (Wildman–Crippen MR) is 88.2 cm³/mol. The molecule has 1 saturated carbocycles. The minimum Gasteiger partial charge on any atom is -0.494 e. The zero-order valence-electron chi connectivity index (χ0n) is 13.8. The third-order valence-corrected chi connectivity index (χ3v) is 4.35. The van der Waals surface area contributed by atoms with Crippen molar-refractivity contribution in [3.05, 3.63) is 29.8 Å². The van der Waals surface area contributed by atoms with E-state index in [-0.39, 0.29) is 12.1 Å². The summed E-state index contributed by atoms with van der Waals surface area (Å²) in [4.78, 5) is 11.6. The summed E-state index contributed by atoms with van der Waals surface area (Å²) in [6, 6.07) is 8.34. The van der Waals surface area contributed by atoms with Gasteiger partial charge >= 0.3 is 5.97 Å². The molecule has 3 heteroatoms. The number of carbonyl (C=O) groups excluding carboxylic acids is 1. The summed E-state index contributed by atoms with van der Waals surface area (Å²) in [5, 5.41) is 0. The maximum atomic E-state index is 11.6. The quantitative estimate of drug-likeness (QED) is 0.534. The van der Waals surface area contributed by atoms with Crippen LogP contribution in [0.15, 0.2) is 24.3 Å². The average Bonchev–Trinajstić information content (AvgIpc) is 2.56. The van der Waals surface area contributed by atoms with Crippen molar-refractivity contribution in [1.29, 1.82) is 0 Å². The van der Waals surface area contributed by atoms with Gasteiger partial charge in [0.05, 0.1) is 6.61 Å². The Hall–Kier alpha value is -1.51. The van der Waals surface area contributed by atoms with Gasteiger partial charge in [-0.15, -0.1) is 0 Å². The van der Waals surface area contributed by atoms with Gasteiger partial charge in [-0.2, -0.15) is 0 Å². The standard InChI is InChI=1S/C19H28O3/c1-3-5-14-21-16-12-10-15(11-13-16)17-8-6-7-9-18(17)22-19(20)4-2/h10-13,17-18H,3-9,14H2,1-2H3/t17-,18+/m0/s1. The van der Waals surface area contributed by atoms with Gasteiger partial charge in [-0.05, 0) is 43.4 Å². The predicted octanol–water partition coefficient (Wildman–Crippen LogP) is 4.84. The summed E-state index contributed by atoms with van der Waals surface area (Å²) in [5.41, 5.74) is 1.26. The van der Waals surface area contributed by atoms with Crippen LogP contribution in [0.1, 0.15) is 70.3 Å². The topological polar surface area (TPSA) is 35.5 Å². The second-order valence-corrected chi connectivity index (χ2v) is 6.04. The highest BCUT2D eigenvalue weighted by atomic mass is 16.5. The number of ether oxygens (including phenoxy) is 2. The number of hydrogen-bond donors (Lipinski definition) is 0.